The number of aryl methyl sites for hydroxylation is 1. The Morgan fingerprint density at radius 2 is 1.97 bits per heavy atom. The largest absolute Gasteiger partial charge is 0.497 e. The minimum atomic E-state index is -0.350. The molecule has 3 aromatic rings. The predicted octanol–water partition coefficient (Wildman–Crippen LogP) is 4.27. The van der Waals surface area contributed by atoms with Crippen LogP contribution < -0.4 is 15.4 Å². The Labute approximate surface area is 224 Å². The van der Waals surface area contributed by atoms with E-state index in [9.17, 15) is 14.9 Å². The summed E-state index contributed by atoms with van der Waals surface area (Å²) in [5.74, 6) is 1.21. The molecule has 2 heterocycles. The number of aromatic nitrogens is 3. The van der Waals surface area contributed by atoms with E-state index >= 15 is 0 Å². The maximum Gasteiger partial charge on any atom is 0.235 e. The highest BCUT2D eigenvalue weighted by Gasteiger charge is 2.23. The van der Waals surface area contributed by atoms with Gasteiger partial charge in [-0.25, -0.2) is 0 Å². The predicted molar refractivity (Wildman–Crippen MR) is 144 cm³/mol. The van der Waals surface area contributed by atoms with Crippen molar-refractivity contribution in [3.8, 4) is 11.8 Å². The number of nitriles is 1. The van der Waals surface area contributed by atoms with E-state index < -0.39 is 0 Å². The summed E-state index contributed by atoms with van der Waals surface area (Å²) < 4.78 is 7.06. The molecule has 1 aliphatic carbocycles. The van der Waals surface area contributed by atoms with Crippen molar-refractivity contribution in [1.82, 2.24) is 20.1 Å². The molecule has 0 unspecified atom stereocenters. The molecule has 0 saturated carbocycles. The van der Waals surface area contributed by atoms with Gasteiger partial charge in [-0.1, -0.05) is 23.9 Å². The quantitative estimate of drug-likeness (QED) is 0.370. The second-order valence-corrected chi connectivity index (χ2v) is 10.8. The molecule has 2 aromatic heterocycles. The van der Waals surface area contributed by atoms with Gasteiger partial charge in [-0.3, -0.25) is 9.59 Å². The summed E-state index contributed by atoms with van der Waals surface area (Å²) in [5.41, 5.74) is 2.59. The van der Waals surface area contributed by atoms with Crippen molar-refractivity contribution in [1.29, 1.82) is 5.26 Å². The van der Waals surface area contributed by atoms with Gasteiger partial charge >= 0.3 is 0 Å². The van der Waals surface area contributed by atoms with Crippen molar-refractivity contribution in [3.63, 3.8) is 0 Å². The normalized spacial score (nSPS) is 13.4. The average Bonchev–Trinajstić information content (AvgIpc) is 3.48. The van der Waals surface area contributed by atoms with Crippen molar-refractivity contribution in [3.05, 3.63) is 51.7 Å². The number of ether oxygens (including phenoxy) is 1. The van der Waals surface area contributed by atoms with E-state index in [-0.39, 0.29) is 30.0 Å². The van der Waals surface area contributed by atoms with Gasteiger partial charge in [-0.15, -0.1) is 21.5 Å². The molecule has 1 aromatic carbocycles. The lowest BCUT2D eigenvalue weighted by molar-refractivity contribution is -0.121. The lowest BCUT2D eigenvalue weighted by atomic mass is 9.96. The molecule has 2 amide bonds. The smallest absolute Gasteiger partial charge is 0.235 e. The van der Waals surface area contributed by atoms with Crippen LogP contribution >= 0.6 is 23.1 Å². The number of thioether (sulfide) groups is 1. The van der Waals surface area contributed by atoms with Gasteiger partial charge in [0.2, 0.25) is 11.8 Å². The number of carbonyl (C=O) groups excluding carboxylic acids is 2. The summed E-state index contributed by atoms with van der Waals surface area (Å²) in [6.45, 7) is 4.44. The summed E-state index contributed by atoms with van der Waals surface area (Å²) in [5, 5.41) is 25.3. The topological polar surface area (TPSA) is 122 Å². The standard InChI is InChI=1S/C26H30N6O3S2/c1-4-32-24(16(2)28-22(33)13-17-9-11-18(35-3)12-10-17)30-31-26(32)36-15-23(34)29-25-20(14-27)19-7-5-6-8-21(19)37-25/h9-12,16H,4-8,13,15H2,1-3H3,(H,28,33)(H,29,34)/t16-/m0/s1. The average molecular weight is 539 g/mol. The van der Waals surface area contributed by atoms with Gasteiger partial charge < -0.3 is 19.9 Å². The minimum Gasteiger partial charge on any atom is -0.497 e. The summed E-state index contributed by atoms with van der Waals surface area (Å²) in [4.78, 5) is 26.5. The van der Waals surface area contributed by atoms with Crippen LogP contribution in [-0.4, -0.2) is 39.4 Å². The number of hydrogen-bond donors (Lipinski definition) is 2. The third-order valence-electron chi connectivity index (χ3n) is 6.22. The Bertz CT molecular complexity index is 1310. The SMILES string of the molecule is CCn1c(SCC(=O)Nc2sc3c(c2C#N)CCCC3)nnc1[C@H](C)NC(=O)Cc1ccc(OC)cc1. The molecule has 1 aliphatic rings. The molecule has 9 nitrogen and oxygen atoms in total. The lowest BCUT2D eigenvalue weighted by Gasteiger charge is -2.15. The fourth-order valence-electron chi connectivity index (χ4n) is 4.38. The fourth-order valence-corrected chi connectivity index (χ4v) is 6.44. The molecular weight excluding hydrogens is 508 g/mol. The molecule has 0 bridgehead atoms. The monoisotopic (exact) mass is 538 g/mol. The maximum absolute atomic E-state index is 12.7. The number of rotatable bonds is 10. The Kier molecular flexibility index (Phi) is 8.84. The van der Waals surface area contributed by atoms with Crippen LogP contribution in [0.3, 0.4) is 0 Å². The molecule has 0 aliphatic heterocycles. The van der Waals surface area contributed by atoms with Gasteiger partial charge in [0.05, 0.1) is 30.9 Å². The number of hydrogen-bond acceptors (Lipinski definition) is 8. The van der Waals surface area contributed by atoms with Gasteiger partial charge in [0.1, 0.15) is 16.8 Å². The van der Waals surface area contributed by atoms with Crippen LogP contribution in [0, 0.1) is 11.3 Å². The number of amides is 2. The van der Waals surface area contributed by atoms with Crippen LogP contribution in [0.5, 0.6) is 5.75 Å². The van der Waals surface area contributed by atoms with Crippen molar-refractivity contribution in [2.24, 2.45) is 0 Å². The molecule has 4 rings (SSSR count). The van der Waals surface area contributed by atoms with E-state index in [1.165, 1.54) is 28.0 Å². The van der Waals surface area contributed by atoms with Crippen LogP contribution in [0.15, 0.2) is 29.4 Å². The first-order valence-corrected chi connectivity index (χ1v) is 14.1. The molecule has 2 N–H and O–H groups in total. The van der Waals surface area contributed by atoms with Crippen LogP contribution in [-0.2, 0) is 35.4 Å². The molecule has 0 radical (unpaired) electrons. The second-order valence-electron chi connectivity index (χ2n) is 8.76. The third kappa shape index (κ3) is 6.32. The summed E-state index contributed by atoms with van der Waals surface area (Å²) in [6, 6.07) is 9.31. The molecule has 37 heavy (non-hydrogen) atoms. The van der Waals surface area contributed by atoms with Crippen molar-refractivity contribution in [2.75, 3.05) is 18.2 Å². The molecule has 0 fully saturated rings. The lowest BCUT2D eigenvalue weighted by Crippen LogP contribution is -2.30. The zero-order valence-corrected chi connectivity index (χ0v) is 22.8. The summed E-state index contributed by atoms with van der Waals surface area (Å²) in [6.07, 6.45) is 4.31. The van der Waals surface area contributed by atoms with Gasteiger partial charge in [-0.2, -0.15) is 5.26 Å². The molecule has 0 spiro atoms. The summed E-state index contributed by atoms with van der Waals surface area (Å²) in [7, 11) is 1.60. The molecule has 1 atom stereocenters. The van der Waals surface area contributed by atoms with E-state index in [2.05, 4.69) is 26.9 Å². The van der Waals surface area contributed by atoms with Crippen molar-refractivity contribution in [2.45, 2.75) is 63.7 Å². The first-order valence-electron chi connectivity index (χ1n) is 12.3. The Morgan fingerprint density at radius 3 is 2.68 bits per heavy atom. The summed E-state index contributed by atoms with van der Waals surface area (Å²) >= 11 is 2.80. The molecule has 194 valence electrons. The Morgan fingerprint density at radius 1 is 1.22 bits per heavy atom. The van der Waals surface area contributed by atoms with Gasteiger partial charge in [0.25, 0.3) is 0 Å². The van der Waals surface area contributed by atoms with Gasteiger partial charge in [0, 0.05) is 11.4 Å². The van der Waals surface area contributed by atoms with Crippen LogP contribution in [0.1, 0.15) is 60.1 Å². The van der Waals surface area contributed by atoms with E-state index in [1.807, 2.05) is 42.7 Å². The number of nitrogens with zero attached hydrogens (tertiary/aromatic N) is 4. The number of methoxy groups -OCH3 is 1. The van der Waals surface area contributed by atoms with Crippen LogP contribution in [0.25, 0.3) is 0 Å². The molecule has 0 saturated heterocycles. The zero-order chi connectivity index (χ0) is 26.4. The highest BCUT2D eigenvalue weighted by molar-refractivity contribution is 7.99. The minimum absolute atomic E-state index is 0.121. The number of benzene rings is 1. The van der Waals surface area contributed by atoms with Gasteiger partial charge in [-0.05, 0) is 62.8 Å². The fraction of sp³-hybridized carbons (Fsp3) is 0.423. The van der Waals surface area contributed by atoms with Gasteiger partial charge in [0.15, 0.2) is 11.0 Å². The third-order valence-corrected chi connectivity index (χ3v) is 8.39. The Balaban J connectivity index is 1.34. The number of thiophene rings is 1. The second kappa shape index (κ2) is 12.3. The highest BCUT2D eigenvalue weighted by atomic mass is 32.2. The zero-order valence-electron chi connectivity index (χ0n) is 21.2. The molecule has 11 heteroatoms. The van der Waals surface area contributed by atoms with E-state index in [4.69, 9.17) is 4.74 Å². The number of anilines is 1. The first-order chi connectivity index (χ1) is 17.9. The van der Waals surface area contributed by atoms with E-state index in [0.717, 1.165) is 42.6 Å². The number of fused-ring (bicyclic) bond motifs is 1. The van der Waals surface area contributed by atoms with E-state index in [1.54, 1.807) is 7.11 Å². The maximum atomic E-state index is 12.7. The number of nitrogens with one attached hydrogen (secondary N) is 2. The first kappa shape index (κ1) is 26.7. The highest BCUT2D eigenvalue weighted by Crippen LogP contribution is 2.37. The number of carbonyl (C=O) groups is 2. The Hall–Kier alpha value is -3.36. The van der Waals surface area contributed by atoms with Crippen LogP contribution in [0.2, 0.25) is 0 Å². The van der Waals surface area contributed by atoms with Crippen LogP contribution in [0.4, 0.5) is 5.00 Å². The molecular formula is C26H30N6O3S2. The van der Waals surface area contributed by atoms with E-state index in [0.29, 0.717) is 28.1 Å². The van der Waals surface area contributed by atoms with Crippen molar-refractivity contribution >= 4 is 39.9 Å². The van der Waals surface area contributed by atoms with Crippen molar-refractivity contribution < 1.29 is 14.3 Å².